The number of nitrogens with zero attached hydrogens (tertiary/aromatic N) is 2. The van der Waals surface area contributed by atoms with Gasteiger partial charge in [0.2, 0.25) is 0 Å². The first kappa shape index (κ1) is 18.2. The van der Waals surface area contributed by atoms with Crippen LogP contribution in [0.2, 0.25) is 0 Å². The lowest BCUT2D eigenvalue weighted by Gasteiger charge is -2.30. The summed E-state index contributed by atoms with van der Waals surface area (Å²) in [4.78, 5) is 29.5. The van der Waals surface area contributed by atoms with Crippen molar-refractivity contribution >= 4 is 17.5 Å². The van der Waals surface area contributed by atoms with E-state index in [9.17, 15) is 9.59 Å². The molecule has 1 atom stereocenters. The molecule has 3 rings (SSSR count). The smallest absolute Gasteiger partial charge is 0.291 e. The summed E-state index contributed by atoms with van der Waals surface area (Å²) in [6.45, 7) is 4.76. The first-order chi connectivity index (χ1) is 12.6. The summed E-state index contributed by atoms with van der Waals surface area (Å²) in [5.74, 6) is -0.0768. The van der Waals surface area contributed by atoms with Gasteiger partial charge in [0.05, 0.1) is 6.26 Å². The number of nitrogens with one attached hydrogen (secondary N) is 1. The van der Waals surface area contributed by atoms with E-state index in [0.29, 0.717) is 11.3 Å². The highest BCUT2D eigenvalue weighted by Crippen LogP contribution is 2.19. The maximum absolute atomic E-state index is 13.1. The molecule has 6 heteroatoms. The van der Waals surface area contributed by atoms with Crippen molar-refractivity contribution in [2.24, 2.45) is 0 Å². The quantitative estimate of drug-likeness (QED) is 0.915. The zero-order valence-electron chi connectivity index (χ0n) is 15.3. The number of amides is 2. The van der Waals surface area contributed by atoms with Gasteiger partial charge >= 0.3 is 0 Å². The molecule has 1 aromatic heterocycles. The van der Waals surface area contributed by atoms with Gasteiger partial charge in [0, 0.05) is 30.4 Å². The van der Waals surface area contributed by atoms with E-state index < -0.39 is 0 Å². The van der Waals surface area contributed by atoms with E-state index in [0.717, 1.165) is 32.5 Å². The highest BCUT2D eigenvalue weighted by atomic mass is 16.3. The Labute approximate surface area is 153 Å². The summed E-state index contributed by atoms with van der Waals surface area (Å²) in [7, 11) is 2.10. The molecular formula is C20H25N3O3. The van der Waals surface area contributed by atoms with Gasteiger partial charge in [-0.3, -0.25) is 9.59 Å². The number of anilines is 1. The lowest BCUT2D eigenvalue weighted by molar-refractivity contribution is 0.0675. The Morgan fingerprint density at radius 2 is 2.08 bits per heavy atom. The van der Waals surface area contributed by atoms with Crippen LogP contribution < -0.4 is 5.32 Å². The highest BCUT2D eigenvalue weighted by Gasteiger charge is 2.27. The number of hydrogen-bond acceptors (Lipinski definition) is 4. The van der Waals surface area contributed by atoms with Crippen LogP contribution in [-0.4, -0.2) is 54.3 Å². The number of likely N-dealkylation sites (N-methyl/N-ethyl adjacent to an activating group) is 1. The van der Waals surface area contributed by atoms with Crippen molar-refractivity contribution in [3.8, 4) is 0 Å². The predicted octanol–water partition coefficient (Wildman–Crippen LogP) is 3.09. The second-order valence-electron chi connectivity index (χ2n) is 6.69. The second kappa shape index (κ2) is 8.19. The Morgan fingerprint density at radius 1 is 1.23 bits per heavy atom. The van der Waals surface area contributed by atoms with Crippen molar-refractivity contribution in [2.45, 2.75) is 25.8 Å². The number of benzene rings is 1. The molecule has 138 valence electrons. The molecule has 1 N–H and O–H groups in total. The molecule has 2 heterocycles. The molecular weight excluding hydrogens is 330 g/mol. The minimum absolute atomic E-state index is 0.0150. The normalized spacial score (nSPS) is 18.4. The van der Waals surface area contributed by atoms with Crippen molar-refractivity contribution < 1.29 is 14.0 Å². The lowest BCUT2D eigenvalue weighted by atomic mass is 10.1. The van der Waals surface area contributed by atoms with Crippen molar-refractivity contribution in [3.63, 3.8) is 0 Å². The maximum atomic E-state index is 13.1. The molecule has 0 aliphatic carbocycles. The second-order valence-corrected chi connectivity index (χ2v) is 6.69. The highest BCUT2D eigenvalue weighted by molar-refractivity contribution is 6.03. The van der Waals surface area contributed by atoms with E-state index in [2.05, 4.69) is 24.2 Å². The minimum atomic E-state index is -0.331. The third-order valence-corrected chi connectivity index (χ3v) is 4.75. The molecule has 1 unspecified atom stereocenters. The summed E-state index contributed by atoms with van der Waals surface area (Å²) in [5.41, 5.74) is 1.17. The molecule has 1 fully saturated rings. The molecule has 1 aliphatic heterocycles. The zero-order chi connectivity index (χ0) is 18.5. The topological polar surface area (TPSA) is 65.8 Å². The molecule has 26 heavy (non-hydrogen) atoms. The van der Waals surface area contributed by atoms with Gasteiger partial charge in [-0.05, 0) is 56.8 Å². The van der Waals surface area contributed by atoms with Crippen molar-refractivity contribution in [1.82, 2.24) is 9.80 Å². The Balaban J connectivity index is 1.76. The Hall–Kier alpha value is -2.60. The molecule has 0 spiro atoms. The molecule has 0 saturated carbocycles. The average molecular weight is 355 g/mol. The fourth-order valence-corrected chi connectivity index (χ4v) is 3.36. The Morgan fingerprint density at radius 3 is 2.81 bits per heavy atom. The van der Waals surface area contributed by atoms with Gasteiger partial charge in [0.1, 0.15) is 0 Å². The van der Waals surface area contributed by atoms with Gasteiger partial charge in [-0.15, -0.1) is 0 Å². The van der Waals surface area contributed by atoms with Crippen LogP contribution in [0.5, 0.6) is 0 Å². The monoisotopic (exact) mass is 355 g/mol. The fraction of sp³-hybridized carbons (Fsp3) is 0.400. The summed E-state index contributed by atoms with van der Waals surface area (Å²) in [6.07, 6.45) is 3.34. The maximum Gasteiger partial charge on any atom is 0.291 e. The molecule has 6 nitrogen and oxygen atoms in total. The van der Waals surface area contributed by atoms with E-state index in [-0.39, 0.29) is 23.6 Å². The summed E-state index contributed by atoms with van der Waals surface area (Å²) < 4.78 is 5.10. The van der Waals surface area contributed by atoms with Gasteiger partial charge in [0.25, 0.3) is 11.8 Å². The van der Waals surface area contributed by atoms with Gasteiger partial charge in [-0.25, -0.2) is 0 Å². The Kier molecular flexibility index (Phi) is 5.73. The predicted molar refractivity (Wildman–Crippen MR) is 100 cm³/mol. The van der Waals surface area contributed by atoms with Crippen LogP contribution in [0, 0.1) is 0 Å². The molecule has 0 bridgehead atoms. The lowest BCUT2D eigenvalue weighted by Crippen LogP contribution is -2.43. The third kappa shape index (κ3) is 4.14. The minimum Gasteiger partial charge on any atom is -0.459 e. The number of rotatable bonds is 4. The molecule has 2 amide bonds. The van der Waals surface area contributed by atoms with Crippen LogP contribution in [0.3, 0.4) is 0 Å². The van der Waals surface area contributed by atoms with E-state index in [4.69, 9.17) is 4.42 Å². The summed E-state index contributed by atoms with van der Waals surface area (Å²) in [5, 5.41) is 2.78. The Bertz CT molecular complexity index is 757. The molecule has 0 radical (unpaired) electrons. The van der Waals surface area contributed by atoms with E-state index in [1.165, 1.54) is 6.26 Å². The van der Waals surface area contributed by atoms with Gasteiger partial charge in [-0.1, -0.05) is 13.0 Å². The number of furan rings is 1. The van der Waals surface area contributed by atoms with Gasteiger partial charge in [-0.2, -0.15) is 0 Å². The van der Waals surface area contributed by atoms with Crippen LogP contribution >= 0.6 is 0 Å². The van der Waals surface area contributed by atoms with Crippen LogP contribution in [0.25, 0.3) is 0 Å². The van der Waals surface area contributed by atoms with E-state index >= 15 is 0 Å². The van der Waals surface area contributed by atoms with Crippen LogP contribution in [0.1, 0.15) is 40.7 Å². The zero-order valence-corrected chi connectivity index (χ0v) is 15.3. The molecule has 2 aromatic rings. The standard InChI is InChI=1S/C20H25N3O3/c1-3-17-14-22(2)10-6-11-23(17)20(25)15-7-4-8-16(13-15)21-19(24)18-9-5-12-26-18/h4-5,7-9,12-13,17H,3,6,10-11,14H2,1-2H3,(H,21,24). The van der Waals surface area contributed by atoms with Crippen LogP contribution in [0.4, 0.5) is 5.69 Å². The summed E-state index contributed by atoms with van der Waals surface area (Å²) >= 11 is 0. The SMILES string of the molecule is CCC1CN(C)CCCN1C(=O)c1cccc(NC(=O)c2ccco2)c1. The number of hydrogen-bond donors (Lipinski definition) is 1. The molecule has 1 saturated heterocycles. The largest absolute Gasteiger partial charge is 0.459 e. The molecule has 1 aromatic carbocycles. The van der Waals surface area contributed by atoms with E-state index in [1.54, 1.807) is 36.4 Å². The number of carbonyl (C=O) groups excluding carboxylic acids is 2. The fourth-order valence-electron chi connectivity index (χ4n) is 3.36. The average Bonchev–Trinajstić information content (AvgIpc) is 3.11. The van der Waals surface area contributed by atoms with Gasteiger partial charge < -0.3 is 19.5 Å². The first-order valence-corrected chi connectivity index (χ1v) is 9.03. The first-order valence-electron chi connectivity index (χ1n) is 9.03. The van der Waals surface area contributed by atoms with Crippen molar-refractivity contribution in [3.05, 3.63) is 54.0 Å². The van der Waals surface area contributed by atoms with Crippen molar-refractivity contribution in [1.29, 1.82) is 0 Å². The summed E-state index contributed by atoms with van der Waals surface area (Å²) in [6, 6.07) is 10.5. The molecule has 1 aliphatic rings. The number of carbonyl (C=O) groups is 2. The van der Waals surface area contributed by atoms with Crippen molar-refractivity contribution in [2.75, 3.05) is 32.0 Å². The third-order valence-electron chi connectivity index (χ3n) is 4.75. The van der Waals surface area contributed by atoms with Crippen LogP contribution in [0.15, 0.2) is 47.1 Å². The van der Waals surface area contributed by atoms with E-state index in [1.807, 2.05) is 4.90 Å². The van der Waals surface area contributed by atoms with Crippen LogP contribution in [-0.2, 0) is 0 Å². The van der Waals surface area contributed by atoms with Gasteiger partial charge in [0.15, 0.2) is 5.76 Å².